The Labute approximate surface area is 167 Å². The molecule has 0 saturated heterocycles. The summed E-state index contributed by atoms with van der Waals surface area (Å²) in [6, 6.07) is 17.6. The molecule has 0 spiro atoms. The predicted molar refractivity (Wildman–Crippen MR) is 106 cm³/mol. The molecule has 1 atom stereocenters. The summed E-state index contributed by atoms with van der Waals surface area (Å²) >= 11 is 0. The highest BCUT2D eigenvalue weighted by Gasteiger charge is 2.28. The van der Waals surface area contributed by atoms with Crippen molar-refractivity contribution < 1.29 is 22.0 Å². The highest BCUT2D eigenvalue weighted by Crippen LogP contribution is 2.16. The molecule has 3 rings (SSSR count). The zero-order chi connectivity index (χ0) is 20.9. The fourth-order valence-electron chi connectivity index (χ4n) is 2.71. The second-order valence-electron chi connectivity index (χ2n) is 6.29. The number of rotatable bonds is 7. The van der Waals surface area contributed by atoms with Crippen LogP contribution in [0.1, 0.15) is 5.56 Å². The molecule has 0 aliphatic heterocycles. The van der Waals surface area contributed by atoms with Gasteiger partial charge in [-0.2, -0.15) is 4.72 Å². The van der Waals surface area contributed by atoms with E-state index in [4.69, 9.17) is 0 Å². The van der Waals surface area contributed by atoms with E-state index in [2.05, 4.69) is 10.0 Å². The molecular formula is C21H18F2N2O3S. The lowest BCUT2D eigenvalue weighted by atomic mass is 10.1. The summed E-state index contributed by atoms with van der Waals surface area (Å²) in [5.41, 5.74) is 1.02. The van der Waals surface area contributed by atoms with Crippen molar-refractivity contribution in [1.82, 2.24) is 4.72 Å². The summed E-state index contributed by atoms with van der Waals surface area (Å²) in [6.07, 6.45) is 0.0432. The highest BCUT2D eigenvalue weighted by molar-refractivity contribution is 7.89. The zero-order valence-corrected chi connectivity index (χ0v) is 16.0. The molecule has 3 aromatic carbocycles. The minimum Gasteiger partial charge on any atom is -0.325 e. The Bertz CT molecular complexity index is 1090. The van der Waals surface area contributed by atoms with Crippen molar-refractivity contribution in [2.45, 2.75) is 17.4 Å². The molecule has 8 heteroatoms. The van der Waals surface area contributed by atoms with Gasteiger partial charge in [0.1, 0.15) is 22.6 Å². The van der Waals surface area contributed by atoms with Crippen molar-refractivity contribution in [3.63, 3.8) is 0 Å². The fourth-order valence-corrected chi connectivity index (χ4v) is 3.99. The summed E-state index contributed by atoms with van der Waals surface area (Å²) in [7, 11) is -4.30. The second-order valence-corrected chi connectivity index (χ2v) is 7.97. The van der Waals surface area contributed by atoms with E-state index in [0.717, 1.165) is 12.1 Å². The van der Waals surface area contributed by atoms with E-state index in [1.54, 1.807) is 30.3 Å². The predicted octanol–water partition coefficient (Wildman–Crippen LogP) is 3.49. The Morgan fingerprint density at radius 3 is 2.14 bits per heavy atom. The maximum absolute atomic E-state index is 14.0. The zero-order valence-electron chi connectivity index (χ0n) is 15.2. The molecule has 1 unspecified atom stereocenters. The van der Waals surface area contributed by atoms with Gasteiger partial charge in [-0.25, -0.2) is 17.2 Å². The van der Waals surface area contributed by atoms with Crippen LogP contribution in [0.5, 0.6) is 0 Å². The first-order valence-corrected chi connectivity index (χ1v) is 10.2. The van der Waals surface area contributed by atoms with E-state index < -0.39 is 38.5 Å². The van der Waals surface area contributed by atoms with Gasteiger partial charge >= 0.3 is 0 Å². The van der Waals surface area contributed by atoms with Crippen LogP contribution in [0.25, 0.3) is 0 Å². The van der Waals surface area contributed by atoms with Crippen LogP contribution in [0.4, 0.5) is 14.5 Å². The van der Waals surface area contributed by atoms with Gasteiger partial charge in [-0.15, -0.1) is 0 Å². The number of sulfonamides is 1. The number of carbonyl (C=O) groups is 1. The molecule has 5 nitrogen and oxygen atoms in total. The monoisotopic (exact) mass is 416 g/mol. The number of carbonyl (C=O) groups excluding carboxylic acids is 1. The average Bonchev–Trinajstić information content (AvgIpc) is 2.70. The fraction of sp³-hybridized carbons (Fsp3) is 0.0952. The van der Waals surface area contributed by atoms with Crippen molar-refractivity contribution in [3.05, 3.63) is 96.1 Å². The van der Waals surface area contributed by atoms with Crippen LogP contribution in [0.2, 0.25) is 0 Å². The number of nitrogens with one attached hydrogen (secondary N) is 2. The van der Waals surface area contributed by atoms with Crippen molar-refractivity contribution >= 4 is 21.6 Å². The molecule has 1 amide bonds. The van der Waals surface area contributed by atoms with Gasteiger partial charge in [0.2, 0.25) is 15.9 Å². The summed E-state index contributed by atoms with van der Waals surface area (Å²) < 4.78 is 54.7. The summed E-state index contributed by atoms with van der Waals surface area (Å²) in [5.74, 6) is -2.04. The number of amides is 1. The smallest absolute Gasteiger partial charge is 0.244 e. The normalized spacial score (nSPS) is 12.3. The van der Waals surface area contributed by atoms with Crippen LogP contribution in [0.3, 0.4) is 0 Å². The Hall–Kier alpha value is -3.10. The van der Waals surface area contributed by atoms with Crippen molar-refractivity contribution in [1.29, 1.82) is 0 Å². The Morgan fingerprint density at radius 1 is 0.862 bits per heavy atom. The molecule has 29 heavy (non-hydrogen) atoms. The van der Waals surface area contributed by atoms with E-state index in [1.807, 2.05) is 0 Å². The van der Waals surface area contributed by atoms with Crippen molar-refractivity contribution in [3.8, 4) is 0 Å². The van der Waals surface area contributed by atoms with Crippen LogP contribution in [0, 0.1) is 11.6 Å². The molecule has 0 saturated carbocycles. The molecule has 3 aromatic rings. The molecular weight excluding hydrogens is 398 g/mol. The molecule has 150 valence electrons. The summed E-state index contributed by atoms with van der Waals surface area (Å²) in [4.78, 5) is 12.2. The van der Waals surface area contributed by atoms with E-state index in [9.17, 15) is 22.0 Å². The van der Waals surface area contributed by atoms with Crippen molar-refractivity contribution in [2.24, 2.45) is 0 Å². The summed E-state index contributed by atoms with van der Waals surface area (Å²) in [5, 5.41) is 2.55. The van der Waals surface area contributed by atoms with Crippen LogP contribution in [-0.2, 0) is 21.2 Å². The highest BCUT2D eigenvalue weighted by atomic mass is 32.2. The van der Waals surface area contributed by atoms with E-state index in [0.29, 0.717) is 11.3 Å². The SMILES string of the molecule is O=C(Nc1ccc(F)cc1)C(Cc1ccccc1)NS(=O)(=O)c1ccccc1F. The van der Waals surface area contributed by atoms with Gasteiger partial charge in [0.05, 0.1) is 0 Å². The molecule has 0 aromatic heterocycles. The molecule has 0 aliphatic carbocycles. The molecule has 0 heterocycles. The number of benzene rings is 3. The Morgan fingerprint density at radius 2 is 1.48 bits per heavy atom. The van der Waals surface area contributed by atoms with Gasteiger partial charge in [-0.05, 0) is 48.4 Å². The van der Waals surface area contributed by atoms with Crippen LogP contribution < -0.4 is 10.0 Å². The van der Waals surface area contributed by atoms with Crippen LogP contribution in [-0.4, -0.2) is 20.4 Å². The van der Waals surface area contributed by atoms with Crippen LogP contribution >= 0.6 is 0 Å². The van der Waals surface area contributed by atoms with Gasteiger partial charge in [0.15, 0.2) is 0 Å². The molecule has 0 bridgehead atoms. The lowest BCUT2D eigenvalue weighted by Gasteiger charge is -2.19. The van der Waals surface area contributed by atoms with E-state index >= 15 is 0 Å². The van der Waals surface area contributed by atoms with Gasteiger partial charge in [-0.3, -0.25) is 4.79 Å². The van der Waals surface area contributed by atoms with Gasteiger partial charge < -0.3 is 5.32 Å². The third-order valence-electron chi connectivity index (χ3n) is 4.13. The van der Waals surface area contributed by atoms with Gasteiger partial charge in [0.25, 0.3) is 0 Å². The van der Waals surface area contributed by atoms with Gasteiger partial charge in [0, 0.05) is 5.69 Å². The Balaban J connectivity index is 1.87. The molecule has 2 N–H and O–H groups in total. The molecule has 0 aliphatic rings. The minimum absolute atomic E-state index is 0.0432. The third kappa shape index (κ3) is 5.46. The first-order valence-electron chi connectivity index (χ1n) is 8.72. The number of hydrogen-bond acceptors (Lipinski definition) is 3. The van der Waals surface area contributed by atoms with Crippen LogP contribution in [0.15, 0.2) is 83.8 Å². The minimum atomic E-state index is -4.30. The second kappa shape index (κ2) is 8.93. The quantitative estimate of drug-likeness (QED) is 0.619. The number of anilines is 1. The van der Waals surface area contributed by atoms with E-state index in [-0.39, 0.29) is 6.42 Å². The molecule has 0 fully saturated rings. The first-order chi connectivity index (χ1) is 13.8. The van der Waals surface area contributed by atoms with Gasteiger partial charge in [-0.1, -0.05) is 42.5 Å². The summed E-state index contributed by atoms with van der Waals surface area (Å²) in [6.45, 7) is 0. The average molecular weight is 416 g/mol. The maximum Gasteiger partial charge on any atom is 0.244 e. The largest absolute Gasteiger partial charge is 0.325 e. The van der Waals surface area contributed by atoms with E-state index in [1.165, 1.54) is 36.4 Å². The standard InChI is InChI=1S/C21H18F2N2O3S/c22-16-10-12-17(13-11-16)24-21(26)19(14-15-6-2-1-3-7-15)25-29(27,28)20-9-5-4-8-18(20)23/h1-13,19,25H,14H2,(H,24,26). The number of hydrogen-bond donors (Lipinski definition) is 2. The lowest BCUT2D eigenvalue weighted by Crippen LogP contribution is -2.45. The Kier molecular flexibility index (Phi) is 6.36. The first kappa shape index (κ1) is 20.6. The third-order valence-corrected chi connectivity index (χ3v) is 5.64. The van der Waals surface area contributed by atoms with Crippen molar-refractivity contribution in [2.75, 3.05) is 5.32 Å². The lowest BCUT2D eigenvalue weighted by molar-refractivity contribution is -0.117. The number of halogens is 2. The maximum atomic E-state index is 14.0. The topological polar surface area (TPSA) is 75.3 Å². The molecule has 0 radical (unpaired) electrons.